The van der Waals surface area contributed by atoms with Crippen LogP contribution in [0.5, 0.6) is 0 Å². The molecule has 3 nitrogen and oxygen atoms in total. The van der Waals surface area contributed by atoms with Crippen LogP contribution in [-0.2, 0) is 11.0 Å². The van der Waals surface area contributed by atoms with E-state index >= 15 is 0 Å². The number of benzene rings is 2. The molecular weight excluding hydrogens is 364 g/mol. The highest BCUT2D eigenvalue weighted by Crippen LogP contribution is 2.42. The first kappa shape index (κ1) is 17.1. The van der Waals surface area contributed by atoms with Crippen LogP contribution in [0.3, 0.4) is 0 Å². The second-order valence-corrected chi connectivity index (χ2v) is 6.24. The third kappa shape index (κ3) is 2.85. The number of amides is 1. The van der Waals surface area contributed by atoms with Gasteiger partial charge in [-0.15, -0.1) is 0 Å². The topological polar surface area (TPSA) is 46.3 Å². The first-order valence-electron chi connectivity index (χ1n) is 6.91. The van der Waals surface area contributed by atoms with Gasteiger partial charge in [0.25, 0.3) is 0 Å². The van der Waals surface area contributed by atoms with E-state index in [1.807, 2.05) is 0 Å². The molecule has 1 fully saturated rings. The zero-order chi connectivity index (χ0) is 17.6. The molecule has 0 aliphatic carbocycles. The van der Waals surface area contributed by atoms with Crippen LogP contribution < -0.4 is 10.6 Å². The largest absolute Gasteiger partial charge is 0.416 e. The molecule has 2 N–H and O–H groups in total. The zero-order valence-corrected chi connectivity index (χ0v) is 13.5. The monoisotopic (exact) mass is 374 g/mol. The van der Waals surface area contributed by atoms with Gasteiger partial charge >= 0.3 is 6.18 Å². The quantitative estimate of drug-likeness (QED) is 0.790. The summed E-state index contributed by atoms with van der Waals surface area (Å²) in [7, 11) is 0. The number of alkyl halides is 3. The van der Waals surface area contributed by atoms with Crippen molar-refractivity contribution in [1.29, 1.82) is 0 Å². The van der Waals surface area contributed by atoms with Crippen LogP contribution in [0.15, 0.2) is 42.5 Å². The van der Waals surface area contributed by atoms with Gasteiger partial charge in [0.1, 0.15) is 6.04 Å². The maximum absolute atomic E-state index is 12.9. The van der Waals surface area contributed by atoms with Gasteiger partial charge in [-0.1, -0.05) is 35.3 Å². The molecule has 1 aliphatic rings. The standard InChI is InChI=1S/C16H11Cl2F3N2O/c17-9-4-5-11(12(18)7-9)14-13(22)15(24)23(14)10-3-1-2-8(6-10)16(19,20)21/h1-7,13-14H,22H2/t13-,14+/m0/s1. The summed E-state index contributed by atoms with van der Waals surface area (Å²) in [4.78, 5) is 13.4. The third-order valence-electron chi connectivity index (χ3n) is 3.87. The number of hydrogen-bond acceptors (Lipinski definition) is 2. The average molecular weight is 375 g/mol. The number of nitrogens with zero attached hydrogens (tertiary/aromatic N) is 1. The number of halogens is 5. The second-order valence-electron chi connectivity index (χ2n) is 5.39. The Balaban J connectivity index is 2.02. The van der Waals surface area contributed by atoms with Gasteiger partial charge in [0.2, 0.25) is 5.91 Å². The lowest BCUT2D eigenvalue weighted by Gasteiger charge is -2.46. The zero-order valence-electron chi connectivity index (χ0n) is 12.0. The van der Waals surface area contributed by atoms with Gasteiger partial charge in [-0.25, -0.2) is 0 Å². The van der Waals surface area contributed by atoms with E-state index in [0.29, 0.717) is 15.6 Å². The number of carbonyl (C=O) groups excluding carboxylic acids is 1. The molecule has 3 rings (SSSR count). The molecule has 2 aromatic rings. The third-order valence-corrected chi connectivity index (χ3v) is 4.44. The molecule has 0 saturated carbocycles. The van der Waals surface area contributed by atoms with Gasteiger partial charge < -0.3 is 10.6 Å². The minimum atomic E-state index is -4.50. The summed E-state index contributed by atoms with van der Waals surface area (Å²) in [6.07, 6.45) is -4.50. The van der Waals surface area contributed by atoms with Crippen molar-refractivity contribution in [3.05, 3.63) is 63.6 Å². The molecular formula is C16H11Cl2F3N2O. The van der Waals surface area contributed by atoms with Crippen LogP contribution in [0.25, 0.3) is 0 Å². The first-order valence-corrected chi connectivity index (χ1v) is 7.66. The van der Waals surface area contributed by atoms with E-state index in [0.717, 1.165) is 12.1 Å². The van der Waals surface area contributed by atoms with Gasteiger partial charge in [-0.05, 0) is 35.9 Å². The van der Waals surface area contributed by atoms with Crippen molar-refractivity contribution in [1.82, 2.24) is 0 Å². The Hall–Kier alpha value is -1.76. The van der Waals surface area contributed by atoms with Crippen LogP contribution in [0.4, 0.5) is 18.9 Å². The van der Waals surface area contributed by atoms with Gasteiger partial charge in [0.15, 0.2) is 0 Å². The van der Waals surface area contributed by atoms with Crippen molar-refractivity contribution >= 4 is 34.8 Å². The Morgan fingerprint density at radius 1 is 1.08 bits per heavy atom. The Kier molecular flexibility index (Phi) is 4.23. The van der Waals surface area contributed by atoms with E-state index in [4.69, 9.17) is 28.9 Å². The van der Waals surface area contributed by atoms with Crippen LogP contribution in [-0.4, -0.2) is 11.9 Å². The fourth-order valence-corrected chi connectivity index (χ4v) is 3.23. The highest BCUT2D eigenvalue weighted by molar-refractivity contribution is 6.35. The Labute approximate surface area is 145 Å². The molecule has 24 heavy (non-hydrogen) atoms. The molecule has 1 saturated heterocycles. The predicted molar refractivity (Wildman–Crippen MR) is 86.1 cm³/mol. The Morgan fingerprint density at radius 3 is 2.42 bits per heavy atom. The van der Waals surface area contributed by atoms with Crippen LogP contribution in [0.1, 0.15) is 17.2 Å². The van der Waals surface area contributed by atoms with E-state index in [-0.39, 0.29) is 5.69 Å². The lowest BCUT2D eigenvalue weighted by molar-refractivity contribution is -0.137. The summed E-state index contributed by atoms with van der Waals surface area (Å²) < 4.78 is 38.7. The van der Waals surface area contributed by atoms with Crippen molar-refractivity contribution in [2.45, 2.75) is 18.3 Å². The van der Waals surface area contributed by atoms with Crippen LogP contribution in [0, 0.1) is 0 Å². The molecule has 126 valence electrons. The maximum Gasteiger partial charge on any atom is 0.416 e. The van der Waals surface area contributed by atoms with E-state index in [2.05, 4.69) is 0 Å². The summed E-state index contributed by atoms with van der Waals surface area (Å²) in [5.74, 6) is -0.467. The molecule has 1 amide bonds. The van der Waals surface area contributed by atoms with E-state index in [9.17, 15) is 18.0 Å². The molecule has 0 unspecified atom stereocenters. The van der Waals surface area contributed by atoms with Gasteiger partial charge in [-0.2, -0.15) is 13.2 Å². The summed E-state index contributed by atoms with van der Waals surface area (Å²) in [5.41, 5.74) is 5.66. The molecule has 2 aromatic carbocycles. The van der Waals surface area contributed by atoms with Crippen LogP contribution in [0.2, 0.25) is 10.0 Å². The Bertz CT molecular complexity index is 810. The van der Waals surface area contributed by atoms with Gasteiger partial charge in [0.05, 0.1) is 11.6 Å². The second kappa shape index (κ2) is 5.95. The van der Waals surface area contributed by atoms with Crippen molar-refractivity contribution in [3.63, 3.8) is 0 Å². The highest BCUT2D eigenvalue weighted by Gasteiger charge is 2.47. The van der Waals surface area contributed by atoms with Gasteiger partial charge in [-0.3, -0.25) is 4.79 Å². The summed E-state index contributed by atoms with van der Waals surface area (Å²) in [5, 5.41) is 0.709. The van der Waals surface area contributed by atoms with Crippen molar-refractivity contribution < 1.29 is 18.0 Å². The Morgan fingerprint density at radius 2 is 1.79 bits per heavy atom. The minimum Gasteiger partial charge on any atom is -0.318 e. The fourth-order valence-electron chi connectivity index (χ4n) is 2.71. The number of nitrogens with two attached hydrogens (primary N) is 1. The molecule has 0 bridgehead atoms. The molecule has 0 radical (unpaired) electrons. The van der Waals surface area contributed by atoms with Crippen molar-refractivity contribution in [3.8, 4) is 0 Å². The first-order chi connectivity index (χ1) is 11.2. The van der Waals surface area contributed by atoms with E-state index in [1.54, 1.807) is 12.1 Å². The summed E-state index contributed by atoms with van der Waals surface area (Å²) in [6, 6.07) is 7.71. The number of β-lactam (4-membered cyclic amide) rings is 1. The normalized spacial score (nSPS) is 20.9. The van der Waals surface area contributed by atoms with E-state index in [1.165, 1.54) is 23.1 Å². The lowest BCUT2D eigenvalue weighted by Crippen LogP contribution is -2.63. The highest BCUT2D eigenvalue weighted by atomic mass is 35.5. The summed E-state index contributed by atoms with van der Waals surface area (Å²) in [6.45, 7) is 0. The van der Waals surface area contributed by atoms with Gasteiger partial charge in [0, 0.05) is 15.7 Å². The predicted octanol–water partition coefficient (Wildman–Crippen LogP) is 4.43. The number of rotatable bonds is 2. The number of anilines is 1. The molecule has 1 heterocycles. The maximum atomic E-state index is 12.9. The number of carbonyl (C=O) groups is 1. The smallest absolute Gasteiger partial charge is 0.318 e. The molecule has 2 atom stereocenters. The van der Waals surface area contributed by atoms with Crippen LogP contribution >= 0.6 is 23.2 Å². The fraction of sp³-hybridized carbons (Fsp3) is 0.188. The van der Waals surface area contributed by atoms with E-state index < -0.39 is 29.7 Å². The average Bonchev–Trinajstić information content (AvgIpc) is 2.52. The molecule has 0 aromatic heterocycles. The number of hydrogen-bond donors (Lipinski definition) is 1. The lowest BCUT2D eigenvalue weighted by atomic mass is 9.88. The van der Waals surface area contributed by atoms with Crippen molar-refractivity contribution in [2.75, 3.05) is 4.90 Å². The molecule has 0 spiro atoms. The van der Waals surface area contributed by atoms with Crippen molar-refractivity contribution in [2.24, 2.45) is 5.73 Å². The molecule has 8 heteroatoms. The summed E-state index contributed by atoms with van der Waals surface area (Å²) >= 11 is 12.0. The minimum absolute atomic E-state index is 0.118. The molecule has 1 aliphatic heterocycles. The SMILES string of the molecule is N[C@@H]1C(=O)N(c2cccc(C(F)(F)F)c2)[C@@H]1c1ccc(Cl)cc1Cl.